The van der Waals surface area contributed by atoms with Crippen LogP contribution >= 0.6 is 0 Å². The van der Waals surface area contributed by atoms with Crippen molar-refractivity contribution in [3.63, 3.8) is 0 Å². The van der Waals surface area contributed by atoms with E-state index in [0.29, 0.717) is 31.6 Å². The summed E-state index contributed by atoms with van der Waals surface area (Å²) in [5, 5.41) is 12.4. The molecule has 1 aromatic rings. The Morgan fingerprint density at radius 2 is 2.00 bits per heavy atom. The number of hydrogen-bond donors (Lipinski definition) is 2. The molecule has 0 saturated carbocycles. The van der Waals surface area contributed by atoms with Gasteiger partial charge in [-0.05, 0) is 31.9 Å². The Morgan fingerprint density at radius 3 is 2.73 bits per heavy atom. The normalized spacial score (nSPS) is 21.2. The van der Waals surface area contributed by atoms with E-state index in [0.717, 1.165) is 5.69 Å². The Hall–Kier alpha value is -1.92. The number of nitrogens with one attached hydrogen (secondary N) is 1. The van der Waals surface area contributed by atoms with Crippen molar-refractivity contribution >= 4 is 23.2 Å². The van der Waals surface area contributed by atoms with Crippen LogP contribution in [0.3, 0.4) is 0 Å². The number of benzene rings is 1. The van der Waals surface area contributed by atoms with Crippen LogP contribution in [-0.4, -0.2) is 53.6 Å². The predicted molar refractivity (Wildman–Crippen MR) is 83.7 cm³/mol. The van der Waals surface area contributed by atoms with Crippen LogP contribution in [0.25, 0.3) is 0 Å². The Kier molecular flexibility index (Phi) is 4.13. The predicted octanol–water partition coefficient (Wildman–Crippen LogP) is 0.817. The second kappa shape index (κ2) is 6.06. The average Bonchev–Trinajstić information content (AvgIpc) is 2.53. The number of fused-ring (bicyclic) bond motifs is 1. The fourth-order valence-electron chi connectivity index (χ4n) is 3.08. The van der Waals surface area contributed by atoms with Crippen molar-refractivity contribution < 1.29 is 14.7 Å². The summed E-state index contributed by atoms with van der Waals surface area (Å²) in [6.45, 7) is 3.33. The molecule has 6 nitrogen and oxygen atoms in total. The molecule has 0 radical (unpaired) electrons. The second-order valence-electron chi connectivity index (χ2n) is 5.93. The van der Waals surface area contributed by atoms with Gasteiger partial charge in [-0.2, -0.15) is 0 Å². The number of hydrogen-bond acceptors (Lipinski definition) is 4. The highest BCUT2D eigenvalue weighted by atomic mass is 16.3. The van der Waals surface area contributed by atoms with Gasteiger partial charge in [-0.1, -0.05) is 12.1 Å². The van der Waals surface area contributed by atoms with E-state index >= 15 is 0 Å². The van der Waals surface area contributed by atoms with Crippen LogP contribution in [0.15, 0.2) is 24.3 Å². The number of anilines is 2. The molecule has 2 amide bonds. The Balaban J connectivity index is 1.78. The maximum absolute atomic E-state index is 12.8. The molecule has 0 bridgehead atoms. The lowest BCUT2D eigenvalue weighted by Crippen LogP contribution is -2.53. The van der Waals surface area contributed by atoms with Gasteiger partial charge in [0.05, 0.1) is 23.5 Å². The monoisotopic (exact) mass is 303 g/mol. The standard InChI is InChI=1S/C16H21N3O3/c1-11(18-8-6-12(20)7-9-18)16(22)19-10-15(21)17-13-4-2-3-5-14(13)19/h2-5,11-12,20H,6-10H2,1H3,(H,17,21). The van der Waals surface area contributed by atoms with Gasteiger partial charge in [0.1, 0.15) is 6.54 Å². The molecule has 6 heteroatoms. The summed E-state index contributed by atoms with van der Waals surface area (Å²) in [7, 11) is 0. The van der Waals surface area contributed by atoms with E-state index in [1.54, 1.807) is 11.0 Å². The Labute approximate surface area is 129 Å². The summed E-state index contributed by atoms with van der Waals surface area (Å²) in [5.41, 5.74) is 1.42. The molecule has 0 aliphatic carbocycles. The van der Waals surface area contributed by atoms with Crippen LogP contribution < -0.4 is 10.2 Å². The molecule has 1 saturated heterocycles. The van der Waals surface area contributed by atoms with Crippen LogP contribution in [0.5, 0.6) is 0 Å². The second-order valence-corrected chi connectivity index (χ2v) is 5.93. The van der Waals surface area contributed by atoms with Gasteiger partial charge in [0.2, 0.25) is 11.8 Å². The van der Waals surface area contributed by atoms with Crippen LogP contribution in [0.2, 0.25) is 0 Å². The van der Waals surface area contributed by atoms with Gasteiger partial charge in [-0.25, -0.2) is 0 Å². The number of carbonyl (C=O) groups is 2. The van der Waals surface area contributed by atoms with Crippen LogP contribution in [0.1, 0.15) is 19.8 Å². The largest absolute Gasteiger partial charge is 0.393 e. The fourth-order valence-corrected chi connectivity index (χ4v) is 3.08. The summed E-state index contributed by atoms with van der Waals surface area (Å²) in [4.78, 5) is 28.3. The number of piperidine rings is 1. The number of aliphatic hydroxyl groups is 1. The first-order valence-corrected chi connectivity index (χ1v) is 7.68. The van der Waals surface area contributed by atoms with Gasteiger partial charge in [-0.15, -0.1) is 0 Å². The molecule has 0 spiro atoms. The molecule has 2 heterocycles. The first-order chi connectivity index (χ1) is 10.6. The molecule has 2 aliphatic rings. The quantitative estimate of drug-likeness (QED) is 0.848. The van der Waals surface area contributed by atoms with Gasteiger partial charge in [0.25, 0.3) is 0 Å². The number of amides is 2. The number of likely N-dealkylation sites (tertiary alicyclic amines) is 1. The molecule has 2 N–H and O–H groups in total. The molecule has 2 aliphatic heterocycles. The maximum Gasteiger partial charge on any atom is 0.244 e. The number of para-hydroxylation sites is 2. The van der Waals surface area contributed by atoms with Crippen molar-refractivity contribution in [3.8, 4) is 0 Å². The third-order valence-electron chi connectivity index (χ3n) is 4.44. The topological polar surface area (TPSA) is 72.9 Å². The van der Waals surface area contributed by atoms with Gasteiger partial charge in [-0.3, -0.25) is 19.4 Å². The smallest absolute Gasteiger partial charge is 0.244 e. The highest BCUT2D eigenvalue weighted by molar-refractivity contribution is 6.11. The third-order valence-corrected chi connectivity index (χ3v) is 4.44. The van der Waals surface area contributed by atoms with E-state index in [1.165, 1.54) is 0 Å². The molecule has 1 atom stereocenters. The van der Waals surface area contributed by atoms with Crippen molar-refractivity contribution in [2.45, 2.75) is 31.9 Å². The van der Waals surface area contributed by atoms with E-state index in [4.69, 9.17) is 0 Å². The zero-order valence-electron chi connectivity index (χ0n) is 12.7. The minimum absolute atomic E-state index is 0.0522. The fraction of sp³-hybridized carbons (Fsp3) is 0.500. The summed E-state index contributed by atoms with van der Waals surface area (Å²) >= 11 is 0. The molecule has 22 heavy (non-hydrogen) atoms. The molecule has 0 aromatic heterocycles. The first kappa shape index (κ1) is 15.0. The summed E-state index contributed by atoms with van der Waals surface area (Å²) in [5.74, 6) is -0.244. The van der Waals surface area contributed by atoms with E-state index in [9.17, 15) is 14.7 Å². The highest BCUT2D eigenvalue weighted by Gasteiger charge is 2.33. The summed E-state index contributed by atoms with van der Waals surface area (Å²) in [6, 6.07) is 7.04. The molecule has 3 rings (SSSR count). The van der Waals surface area contributed by atoms with E-state index in [2.05, 4.69) is 10.2 Å². The molecule has 1 aromatic carbocycles. The van der Waals surface area contributed by atoms with Crippen molar-refractivity contribution in [2.75, 3.05) is 29.9 Å². The highest BCUT2D eigenvalue weighted by Crippen LogP contribution is 2.30. The van der Waals surface area contributed by atoms with Crippen LogP contribution in [0.4, 0.5) is 11.4 Å². The Morgan fingerprint density at radius 1 is 1.32 bits per heavy atom. The lowest BCUT2D eigenvalue weighted by atomic mass is 10.1. The number of carbonyl (C=O) groups excluding carboxylic acids is 2. The summed E-state index contributed by atoms with van der Waals surface area (Å²) in [6.07, 6.45) is 1.11. The zero-order chi connectivity index (χ0) is 15.7. The minimum atomic E-state index is -0.300. The molecular formula is C16H21N3O3. The van der Waals surface area contributed by atoms with Crippen molar-refractivity contribution in [1.29, 1.82) is 0 Å². The van der Waals surface area contributed by atoms with Crippen molar-refractivity contribution in [2.24, 2.45) is 0 Å². The van der Waals surface area contributed by atoms with Crippen LogP contribution in [0, 0.1) is 0 Å². The molecule has 1 unspecified atom stereocenters. The third kappa shape index (κ3) is 2.84. The average molecular weight is 303 g/mol. The van der Waals surface area contributed by atoms with E-state index in [-0.39, 0.29) is 30.5 Å². The molecular weight excluding hydrogens is 282 g/mol. The van der Waals surface area contributed by atoms with Crippen LogP contribution in [-0.2, 0) is 9.59 Å². The zero-order valence-corrected chi connectivity index (χ0v) is 12.7. The van der Waals surface area contributed by atoms with Gasteiger partial charge < -0.3 is 10.4 Å². The summed E-state index contributed by atoms with van der Waals surface area (Å²) < 4.78 is 0. The van der Waals surface area contributed by atoms with Gasteiger partial charge in [0, 0.05) is 13.1 Å². The molecule has 1 fully saturated rings. The molecule has 118 valence electrons. The van der Waals surface area contributed by atoms with E-state index < -0.39 is 0 Å². The number of aliphatic hydroxyl groups excluding tert-OH is 1. The van der Waals surface area contributed by atoms with Crippen molar-refractivity contribution in [3.05, 3.63) is 24.3 Å². The van der Waals surface area contributed by atoms with Gasteiger partial charge in [0.15, 0.2) is 0 Å². The lowest BCUT2D eigenvalue weighted by molar-refractivity contribution is -0.126. The van der Waals surface area contributed by atoms with E-state index in [1.807, 2.05) is 25.1 Å². The number of nitrogens with zero attached hydrogens (tertiary/aromatic N) is 2. The maximum atomic E-state index is 12.8. The first-order valence-electron chi connectivity index (χ1n) is 7.68. The lowest BCUT2D eigenvalue weighted by Gasteiger charge is -2.37. The van der Waals surface area contributed by atoms with Gasteiger partial charge >= 0.3 is 0 Å². The van der Waals surface area contributed by atoms with Crippen molar-refractivity contribution in [1.82, 2.24) is 4.90 Å². The Bertz CT molecular complexity index is 582. The SMILES string of the molecule is CC(C(=O)N1CC(=O)Nc2ccccc21)N1CCC(O)CC1. The number of rotatable bonds is 2. The minimum Gasteiger partial charge on any atom is -0.393 e.